The summed E-state index contributed by atoms with van der Waals surface area (Å²) in [6.07, 6.45) is 4.61. The number of nitrogens with one attached hydrogen (secondary N) is 2. The second kappa shape index (κ2) is 5.12. The van der Waals surface area contributed by atoms with Crippen LogP contribution in [0.15, 0.2) is 12.3 Å². The first-order valence-corrected chi connectivity index (χ1v) is 5.74. The van der Waals surface area contributed by atoms with Crippen molar-refractivity contribution in [1.82, 2.24) is 15.1 Å². The second-order valence-electron chi connectivity index (χ2n) is 4.32. The Kier molecular flexibility index (Phi) is 3.56. The second-order valence-corrected chi connectivity index (χ2v) is 4.32. The highest BCUT2D eigenvalue weighted by molar-refractivity contribution is 5.89. The van der Waals surface area contributed by atoms with Crippen LogP contribution in [0.2, 0.25) is 0 Å². The summed E-state index contributed by atoms with van der Waals surface area (Å²) in [7, 11) is 1.84. The first-order chi connectivity index (χ1) is 7.74. The number of rotatable bonds is 3. The topological polar surface area (TPSA) is 59.0 Å². The number of amides is 1. The number of carbonyl (C=O) groups is 1. The van der Waals surface area contributed by atoms with Crippen molar-refractivity contribution in [1.29, 1.82) is 0 Å². The van der Waals surface area contributed by atoms with Crippen molar-refractivity contribution in [2.45, 2.75) is 19.3 Å². The monoisotopic (exact) mass is 222 g/mol. The van der Waals surface area contributed by atoms with Gasteiger partial charge in [0.25, 0.3) is 0 Å². The molecule has 1 aliphatic heterocycles. The largest absolute Gasteiger partial charge is 0.317 e. The average Bonchev–Trinajstić information content (AvgIpc) is 2.65. The maximum atomic E-state index is 11.7. The molecule has 2 rings (SSSR count). The molecule has 0 unspecified atom stereocenters. The fourth-order valence-corrected chi connectivity index (χ4v) is 2.02. The highest BCUT2D eigenvalue weighted by Crippen LogP contribution is 2.16. The van der Waals surface area contributed by atoms with Gasteiger partial charge in [-0.2, -0.15) is 5.10 Å². The Morgan fingerprint density at radius 1 is 1.62 bits per heavy atom. The fraction of sp³-hybridized carbons (Fsp3) is 0.636. The summed E-state index contributed by atoms with van der Waals surface area (Å²) in [5.41, 5.74) is 0. The summed E-state index contributed by atoms with van der Waals surface area (Å²) >= 11 is 0. The lowest BCUT2D eigenvalue weighted by Gasteiger charge is -2.21. The minimum atomic E-state index is 0.0746. The molecule has 0 saturated carbocycles. The van der Waals surface area contributed by atoms with Crippen LogP contribution in [-0.4, -0.2) is 28.8 Å². The van der Waals surface area contributed by atoms with Crippen LogP contribution in [0.4, 0.5) is 5.82 Å². The van der Waals surface area contributed by atoms with Crippen molar-refractivity contribution in [3.05, 3.63) is 12.3 Å². The van der Waals surface area contributed by atoms with Crippen molar-refractivity contribution in [3.8, 4) is 0 Å². The van der Waals surface area contributed by atoms with Gasteiger partial charge in [-0.05, 0) is 31.8 Å². The molecule has 0 aliphatic carbocycles. The van der Waals surface area contributed by atoms with E-state index in [9.17, 15) is 4.79 Å². The molecular weight excluding hydrogens is 204 g/mol. The molecule has 5 heteroatoms. The average molecular weight is 222 g/mol. The van der Waals surface area contributed by atoms with E-state index in [1.807, 2.05) is 13.2 Å². The van der Waals surface area contributed by atoms with Gasteiger partial charge in [-0.1, -0.05) is 0 Å². The predicted molar refractivity (Wildman–Crippen MR) is 62.0 cm³/mol. The summed E-state index contributed by atoms with van der Waals surface area (Å²) in [5, 5.41) is 10.2. The Morgan fingerprint density at radius 2 is 2.38 bits per heavy atom. The molecule has 0 aromatic carbocycles. The van der Waals surface area contributed by atoms with Gasteiger partial charge in [-0.3, -0.25) is 9.48 Å². The summed E-state index contributed by atoms with van der Waals surface area (Å²) in [4.78, 5) is 11.7. The molecule has 0 radical (unpaired) electrons. The maximum Gasteiger partial charge on any atom is 0.225 e. The standard InChI is InChI=1S/C11H18N4O/c1-15-7-4-10(14-15)13-11(16)8-9-2-5-12-6-3-9/h4,7,9,12H,2-3,5-6,8H2,1H3,(H,13,14,16). The number of piperidine rings is 1. The van der Waals surface area contributed by atoms with E-state index >= 15 is 0 Å². The Labute approximate surface area is 95.2 Å². The molecule has 88 valence electrons. The van der Waals surface area contributed by atoms with Crippen LogP contribution < -0.4 is 10.6 Å². The molecule has 5 nitrogen and oxygen atoms in total. The van der Waals surface area contributed by atoms with Gasteiger partial charge in [0.2, 0.25) is 5.91 Å². The molecule has 2 heterocycles. The molecule has 1 aromatic rings. The van der Waals surface area contributed by atoms with Gasteiger partial charge in [0, 0.05) is 25.7 Å². The molecule has 0 atom stereocenters. The van der Waals surface area contributed by atoms with Gasteiger partial charge >= 0.3 is 0 Å². The minimum Gasteiger partial charge on any atom is -0.317 e. The molecule has 1 aromatic heterocycles. The molecule has 0 bridgehead atoms. The molecular formula is C11H18N4O. The van der Waals surface area contributed by atoms with E-state index in [0.717, 1.165) is 25.9 Å². The van der Waals surface area contributed by atoms with Crippen molar-refractivity contribution in [2.24, 2.45) is 13.0 Å². The Balaban J connectivity index is 1.79. The molecule has 0 spiro atoms. The number of carbonyl (C=O) groups excluding carboxylic acids is 1. The van der Waals surface area contributed by atoms with E-state index in [4.69, 9.17) is 0 Å². The van der Waals surface area contributed by atoms with Crippen molar-refractivity contribution in [3.63, 3.8) is 0 Å². The lowest BCUT2D eigenvalue weighted by atomic mass is 9.94. The lowest BCUT2D eigenvalue weighted by molar-refractivity contribution is -0.117. The van der Waals surface area contributed by atoms with Gasteiger partial charge < -0.3 is 10.6 Å². The third-order valence-electron chi connectivity index (χ3n) is 2.91. The van der Waals surface area contributed by atoms with Crippen molar-refractivity contribution in [2.75, 3.05) is 18.4 Å². The molecule has 1 amide bonds. The fourth-order valence-electron chi connectivity index (χ4n) is 2.02. The first kappa shape index (κ1) is 11.1. The number of hydrogen-bond acceptors (Lipinski definition) is 3. The lowest BCUT2D eigenvalue weighted by Crippen LogP contribution is -2.30. The maximum absolute atomic E-state index is 11.7. The highest BCUT2D eigenvalue weighted by Gasteiger charge is 2.17. The van der Waals surface area contributed by atoms with Gasteiger partial charge in [-0.25, -0.2) is 0 Å². The number of nitrogens with zero attached hydrogens (tertiary/aromatic N) is 2. The number of aryl methyl sites for hydroxylation is 1. The van der Waals surface area contributed by atoms with E-state index in [-0.39, 0.29) is 5.91 Å². The summed E-state index contributed by atoms with van der Waals surface area (Å²) < 4.78 is 1.68. The van der Waals surface area contributed by atoms with E-state index < -0.39 is 0 Å². The smallest absolute Gasteiger partial charge is 0.225 e. The van der Waals surface area contributed by atoms with Gasteiger partial charge in [0.1, 0.15) is 0 Å². The molecule has 1 saturated heterocycles. The molecule has 2 N–H and O–H groups in total. The quantitative estimate of drug-likeness (QED) is 0.793. The van der Waals surface area contributed by atoms with Crippen LogP contribution in [0.5, 0.6) is 0 Å². The van der Waals surface area contributed by atoms with Crippen LogP contribution in [0.25, 0.3) is 0 Å². The van der Waals surface area contributed by atoms with Gasteiger partial charge in [0.15, 0.2) is 5.82 Å². The Hall–Kier alpha value is -1.36. The van der Waals surface area contributed by atoms with Crippen molar-refractivity contribution >= 4 is 11.7 Å². The number of hydrogen-bond donors (Lipinski definition) is 2. The van der Waals surface area contributed by atoms with Crippen LogP contribution in [0.3, 0.4) is 0 Å². The van der Waals surface area contributed by atoms with Gasteiger partial charge in [-0.15, -0.1) is 0 Å². The Morgan fingerprint density at radius 3 is 3.00 bits per heavy atom. The van der Waals surface area contributed by atoms with E-state index in [0.29, 0.717) is 18.2 Å². The summed E-state index contributed by atoms with van der Waals surface area (Å²) in [5.74, 6) is 1.23. The zero-order chi connectivity index (χ0) is 11.4. The number of anilines is 1. The van der Waals surface area contributed by atoms with E-state index in [1.165, 1.54) is 0 Å². The Bertz CT molecular complexity index is 355. The molecule has 16 heavy (non-hydrogen) atoms. The normalized spacial score (nSPS) is 17.3. The van der Waals surface area contributed by atoms with Crippen LogP contribution in [0, 0.1) is 5.92 Å². The molecule has 1 fully saturated rings. The first-order valence-electron chi connectivity index (χ1n) is 5.74. The van der Waals surface area contributed by atoms with Crippen LogP contribution >= 0.6 is 0 Å². The summed E-state index contributed by atoms with van der Waals surface area (Å²) in [6, 6.07) is 1.81. The number of aromatic nitrogens is 2. The van der Waals surface area contributed by atoms with E-state index in [2.05, 4.69) is 15.7 Å². The SMILES string of the molecule is Cn1ccc(NC(=O)CC2CCNCC2)n1. The zero-order valence-corrected chi connectivity index (χ0v) is 9.57. The third kappa shape index (κ3) is 3.06. The van der Waals surface area contributed by atoms with Crippen LogP contribution in [0.1, 0.15) is 19.3 Å². The highest BCUT2D eigenvalue weighted by atomic mass is 16.1. The van der Waals surface area contributed by atoms with E-state index in [1.54, 1.807) is 10.7 Å². The predicted octanol–water partition coefficient (Wildman–Crippen LogP) is 0.748. The van der Waals surface area contributed by atoms with Crippen molar-refractivity contribution < 1.29 is 4.79 Å². The van der Waals surface area contributed by atoms with Crippen LogP contribution in [-0.2, 0) is 11.8 Å². The molecule has 1 aliphatic rings. The third-order valence-corrected chi connectivity index (χ3v) is 2.91. The van der Waals surface area contributed by atoms with Gasteiger partial charge in [0.05, 0.1) is 0 Å². The zero-order valence-electron chi connectivity index (χ0n) is 9.57. The minimum absolute atomic E-state index is 0.0746. The summed E-state index contributed by atoms with van der Waals surface area (Å²) in [6.45, 7) is 2.06.